The number of aliphatic hydroxyl groups excluding tert-OH is 1. The van der Waals surface area contributed by atoms with Crippen molar-refractivity contribution in [2.45, 2.75) is 25.5 Å². The highest BCUT2D eigenvalue weighted by Gasteiger charge is 2.24. The SMILES string of the molecule is C=CCC[C@@H](O)CN(CCOC)Cc1c(-c2ccccc2)nn(C)c1Oc1ccccc1OC. The fourth-order valence-electron chi connectivity index (χ4n) is 3.84. The Hall–Kier alpha value is -3.13. The van der Waals surface area contributed by atoms with Crippen LogP contribution >= 0.6 is 0 Å². The summed E-state index contributed by atoms with van der Waals surface area (Å²) in [7, 11) is 5.18. The van der Waals surface area contributed by atoms with E-state index in [1.165, 1.54) is 0 Å². The smallest absolute Gasteiger partial charge is 0.222 e. The third-order valence-corrected chi connectivity index (χ3v) is 5.58. The molecule has 3 rings (SSSR count). The van der Waals surface area contributed by atoms with E-state index in [2.05, 4.69) is 11.5 Å². The van der Waals surface area contributed by atoms with Crippen molar-refractivity contribution in [3.8, 4) is 28.6 Å². The van der Waals surface area contributed by atoms with E-state index in [0.29, 0.717) is 50.0 Å². The Morgan fingerprint density at radius 1 is 1.09 bits per heavy atom. The first-order valence-corrected chi connectivity index (χ1v) is 11.5. The highest BCUT2D eigenvalue weighted by atomic mass is 16.5. The monoisotopic (exact) mass is 465 g/mol. The van der Waals surface area contributed by atoms with Crippen LogP contribution in [0.25, 0.3) is 11.3 Å². The zero-order valence-corrected chi connectivity index (χ0v) is 20.3. The fraction of sp³-hybridized carbons (Fsp3) is 0.370. The van der Waals surface area contributed by atoms with Gasteiger partial charge in [0.1, 0.15) is 5.69 Å². The van der Waals surface area contributed by atoms with Gasteiger partial charge in [-0.25, -0.2) is 4.68 Å². The minimum Gasteiger partial charge on any atom is -0.493 e. The standard InChI is InChI=1S/C27H35N3O4/c1-5-6-14-22(31)19-30(17-18-32-3)20-23-26(21-12-8-7-9-13-21)28-29(2)27(23)34-25-16-11-10-15-24(25)33-4/h5,7-13,15-16,22,31H,1,6,14,17-20H2,2-4H3/t22-/m1/s1. The molecular formula is C27H35N3O4. The first kappa shape index (κ1) is 25.5. The van der Waals surface area contributed by atoms with E-state index in [1.807, 2.05) is 67.7 Å². The Balaban J connectivity index is 1.99. The van der Waals surface area contributed by atoms with Crippen molar-refractivity contribution >= 4 is 0 Å². The number of aliphatic hydroxyl groups is 1. The van der Waals surface area contributed by atoms with Gasteiger partial charge in [-0.15, -0.1) is 6.58 Å². The molecule has 0 spiro atoms. The van der Waals surface area contributed by atoms with Gasteiger partial charge in [0.05, 0.1) is 25.4 Å². The lowest BCUT2D eigenvalue weighted by molar-refractivity contribution is 0.0806. The van der Waals surface area contributed by atoms with Crippen LogP contribution in [-0.2, 0) is 18.3 Å². The predicted octanol–water partition coefficient (Wildman–Crippen LogP) is 4.66. The van der Waals surface area contributed by atoms with Crippen molar-refractivity contribution in [1.82, 2.24) is 14.7 Å². The number of aromatic nitrogens is 2. The minimum atomic E-state index is -0.467. The molecule has 1 N–H and O–H groups in total. The number of para-hydroxylation sites is 2. The van der Waals surface area contributed by atoms with Crippen molar-refractivity contribution in [3.63, 3.8) is 0 Å². The summed E-state index contributed by atoms with van der Waals surface area (Å²) in [6.45, 7) is 6.03. The zero-order valence-electron chi connectivity index (χ0n) is 20.3. The van der Waals surface area contributed by atoms with Crippen molar-refractivity contribution in [2.75, 3.05) is 33.9 Å². The highest BCUT2D eigenvalue weighted by molar-refractivity contribution is 5.66. The van der Waals surface area contributed by atoms with Gasteiger partial charge in [0, 0.05) is 39.4 Å². The van der Waals surface area contributed by atoms with Gasteiger partial charge < -0.3 is 19.3 Å². The van der Waals surface area contributed by atoms with Gasteiger partial charge in [-0.3, -0.25) is 4.90 Å². The van der Waals surface area contributed by atoms with E-state index in [4.69, 9.17) is 19.3 Å². The van der Waals surface area contributed by atoms with E-state index in [0.717, 1.165) is 23.2 Å². The second kappa shape index (κ2) is 12.9. The zero-order chi connectivity index (χ0) is 24.3. The topological polar surface area (TPSA) is 69.0 Å². The Kier molecular flexibility index (Phi) is 9.70. The quantitative estimate of drug-likeness (QED) is 0.349. The van der Waals surface area contributed by atoms with Crippen molar-refractivity contribution < 1.29 is 19.3 Å². The van der Waals surface area contributed by atoms with E-state index in [-0.39, 0.29) is 0 Å². The molecule has 7 nitrogen and oxygen atoms in total. The van der Waals surface area contributed by atoms with Crippen molar-refractivity contribution in [3.05, 3.63) is 72.8 Å². The van der Waals surface area contributed by atoms with Crippen molar-refractivity contribution in [2.24, 2.45) is 7.05 Å². The number of benzene rings is 2. The molecule has 34 heavy (non-hydrogen) atoms. The number of rotatable bonds is 14. The lowest BCUT2D eigenvalue weighted by atomic mass is 10.1. The van der Waals surface area contributed by atoms with Gasteiger partial charge in [-0.1, -0.05) is 48.5 Å². The second-order valence-electron chi connectivity index (χ2n) is 8.12. The molecule has 0 fully saturated rings. The lowest BCUT2D eigenvalue weighted by Crippen LogP contribution is -2.34. The molecule has 7 heteroatoms. The Morgan fingerprint density at radius 3 is 2.47 bits per heavy atom. The lowest BCUT2D eigenvalue weighted by Gasteiger charge is -2.25. The average molecular weight is 466 g/mol. The molecule has 0 aliphatic carbocycles. The Labute approximate surface area is 202 Å². The van der Waals surface area contributed by atoms with Gasteiger partial charge in [0.25, 0.3) is 0 Å². The molecule has 2 aromatic carbocycles. The number of hydrogen-bond acceptors (Lipinski definition) is 6. The van der Waals surface area contributed by atoms with Crippen LogP contribution in [0.2, 0.25) is 0 Å². The predicted molar refractivity (Wildman–Crippen MR) is 134 cm³/mol. The molecule has 0 radical (unpaired) electrons. The van der Waals surface area contributed by atoms with Crippen LogP contribution in [0.1, 0.15) is 18.4 Å². The fourth-order valence-corrected chi connectivity index (χ4v) is 3.84. The maximum atomic E-state index is 10.6. The van der Waals surface area contributed by atoms with Crippen LogP contribution in [0.3, 0.4) is 0 Å². The van der Waals surface area contributed by atoms with Gasteiger partial charge in [0.15, 0.2) is 11.5 Å². The van der Waals surface area contributed by atoms with Crippen LogP contribution in [0, 0.1) is 0 Å². The van der Waals surface area contributed by atoms with Gasteiger partial charge in [-0.2, -0.15) is 5.10 Å². The van der Waals surface area contributed by atoms with Gasteiger partial charge in [0.2, 0.25) is 5.88 Å². The molecule has 1 aromatic heterocycles. The van der Waals surface area contributed by atoms with E-state index < -0.39 is 6.10 Å². The minimum absolute atomic E-state index is 0.467. The summed E-state index contributed by atoms with van der Waals surface area (Å²) in [5, 5.41) is 15.4. The first-order valence-electron chi connectivity index (χ1n) is 11.5. The number of ether oxygens (including phenoxy) is 3. The van der Waals surface area contributed by atoms with Crippen LogP contribution in [0.4, 0.5) is 0 Å². The summed E-state index contributed by atoms with van der Waals surface area (Å²) in [6, 6.07) is 17.6. The molecular weight excluding hydrogens is 430 g/mol. The number of nitrogens with zero attached hydrogens (tertiary/aromatic N) is 3. The number of aryl methyl sites for hydroxylation is 1. The summed E-state index contributed by atoms with van der Waals surface area (Å²) in [6.07, 6.45) is 2.79. The molecule has 0 saturated heterocycles. The molecule has 0 aliphatic heterocycles. The van der Waals surface area contributed by atoms with Gasteiger partial charge >= 0.3 is 0 Å². The summed E-state index contributed by atoms with van der Waals surface area (Å²) in [5.74, 6) is 1.89. The Bertz CT molecular complexity index is 1040. The van der Waals surface area contributed by atoms with Crippen LogP contribution in [0.15, 0.2) is 67.3 Å². The maximum absolute atomic E-state index is 10.6. The van der Waals surface area contributed by atoms with Gasteiger partial charge in [-0.05, 0) is 25.0 Å². The highest BCUT2D eigenvalue weighted by Crippen LogP contribution is 2.37. The summed E-state index contributed by atoms with van der Waals surface area (Å²) < 4.78 is 19.0. The molecule has 0 bridgehead atoms. The molecule has 0 amide bonds. The summed E-state index contributed by atoms with van der Waals surface area (Å²) >= 11 is 0. The third kappa shape index (κ3) is 6.70. The number of allylic oxidation sites excluding steroid dienone is 1. The normalized spacial score (nSPS) is 12.0. The summed E-state index contributed by atoms with van der Waals surface area (Å²) in [5.41, 5.74) is 2.78. The molecule has 0 unspecified atom stereocenters. The second-order valence-corrected chi connectivity index (χ2v) is 8.12. The molecule has 1 heterocycles. The van der Waals surface area contributed by atoms with Crippen LogP contribution in [-0.4, -0.2) is 59.8 Å². The number of methoxy groups -OCH3 is 2. The molecule has 1 atom stereocenters. The first-order chi connectivity index (χ1) is 16.6. The molecule has 0 aliphatic rings. The summed E-state index contributed by atoms with van der Waals surface area (Å²) in [4.78, 5) is 2.18. The Morgan fingerprint density at radius 2 is 1.79 bits per heavy atom. The molecule has 182 valence electrons. The number of hydrogen-bond donors (Lipinski definition) is 1. The van der Waals surface area contributed by atoms with E-state index in [1.54, 1.807) is 18.9 Å². The van der Waals surface area contributed by atoms with E-state index >= 15 is 0 Å². The molecule has 0 saturated carbocycles. The average Bonchev–Trinajstić information content (AvgIpc) is 3.16. The van der Waals surface area contributed by atoms with Crippen molar-refractivity contribution in [1.29, 1.82) is 0 Å². The molecule has 3 aromatic rings. The van der Waals surface area contributed by atoms with E-state index in [9.17, 15) is 5.11 Å². The third-order valence-electron chi connectivity index (χ3n) is 5.58. The maximum Gasteiger partial charge on any atom is 0.222 e. The largest absolute Gasteiger partial charge is 0.493 e. The van der Waals surface area contributed by atoms with Crippen LogP contribution < -0.4 is 9.47 Å². The van der Waals surface area contributed by atoms with Crippen LogP contribution in [0.5, 0.6) is 17.4 Å².